The van der Waals surface area contributed by atoms with Crippen molar-refractivity contribution >= 4 is 0 Å². The lowest BCUT2D eigenvalue weighted by molar-refractivity contribution is -0.660. The van der Waals surface area contributed by atoms with Crippen LogP contribution in [0.1, 0.15) is 16.7 Å². The molecule has 1 aromatic heterocycles. The van der Waals surface area contributed by atoms with E-state index in [9.17, 15) is 0 Å². The van der Waals surface area contributed by atoms with Crippen LogP contribution in [-0.4, -0.2) is 0 Å². The topological polar surface area (TPSA) is 3.88 Å². The minimum Gasteiger partial charge on any atom is -0.200 e. The van der Waals surface area contributed by atoms with Crippen molar-refractivity contribution < 1.29 is 4.57 Å². The molecule has 0 aliphatic heterocycles. The maximum atomic E-state index is 2.25. The highest BCUT2D eigenvalue weighted by atomic mass is 14.9. The Morgan fingerprint density at radius 1 is 0.682 bits per heavy atom. The molecule has 0 bridgehead atoms. The minimum atomic E-state index is 1.27. The van der Waals surface area contributed by atoms with Crippen molar-refractivity contribution in [1.82, 2.24) is 0 Å². The van der Waals surface area contributed by atoms with E-state index >= 15 is 0 Å². The van der Waals surface area contributed by atoms with Crippen LogP contribution in [0.4, 0.5) is 0 Å². The SMILES string of the molecule is Cc1ccc(-c2ccc[n+](C)c2-c2ccccc2C)c(C)c1. The summed E-state index contributed by atoms with van der Waals surface area (Å²) in [6.45, 7) is 6.51. The van der Waals surface area contributed by atoms with E-state index in [-0.39, 0.29) is 0 Å². The molecule has 0 amide bonds. The standard InChI is InChI=1S/C21H22N/c1-15-11-12-18(17(3)14-15)20-10-7-13-22(4)21(20)19-9-6-5-8-16(19)2/h5-14H,1-4H3/q+1. The summed E-state index contributed by atoms with van der Waals surface area (Å²) in [4.78, 5) is 0. The van der Waals surface area contributed by atoms with Crippen LogP contribution < -0.4 is 4.57 Å². The number of pyridine rings is 1. The van der Waals surface area contributed by atoms with E-state index in [1.54, 1.807) is 0 Å². The second-order valence-electron chi connectivity index (χ2n) is 6.01. The normalized spacial score (nSPS) is 10.7. The lowest BCUT2D eigenvalue weighted by Gasteiger charge is -2.12. The molecule has 110 valence electrons. The summed E-state index contributed by atoms with van der Waals surface area (Å²) in [7, 11) is 2.12. The van der Waals surface area contributed by atoms with Crippen LogP contribution in [0.2, 0.25) is 0 Å². The zero-order valence-corrected chi connectivity index (χ0v) is 13.7. The molecule has 3 aromatic rings. The zero-order chi connectivity index (χ0) is 15.7. The molecule has 22 heavy (non-hydrogen) atoms. The van der Waals surface area contributed by atoms with Crippen molar-refractivity contribution in [1.29, 1.82) is 0 Å². The van der Waals surface area contributed by atoms with Crippen LogP contribution in [0, 0.1) is 20.8 Å². The number of aromatic nitrogens is 1. The Morgan fingerprint density at radius 2 is 1.41 bits per heavy atom. The quantitative estimate of drug-likeness (QED) is 0.598. The molecule has 0 radical (unpaired) electrons. The van der Waals surface area contributed by atoms with Gasteiger partial charge in [-0.25, -0.2) is 4.57 Å². The fourth-order valence-corrected chi connectivity index (χ4v) is 3.12. The molecule has 0 aliphatic rings. The summed E-state index contributed by atoms with van der Waals surface area (Å²) in [5.41, 5.74) is 9.08. The predicted molar refractivity (Wildman–Crippen MR) is 92.7 cm³/mol. The first-order chi connectivity index (χ1) is 10.6. The molecule has 0 saturated carbocycles. The van der Waals surface area contributed by atoms with Gasteiger partial charge >= 0.3 is 0 Å². The largest absolute Gasteiger partial charge is 0.220 e. The van der Waals surface area contributed by atoms with E-state index in [1.807, 2.05) is 0 Å². The molecule has 1 heterocycles. The van der Waals surface area contributed by atoms with E-state index < -0.39 is 0 Å². The van der Waals surface area contributed by atoms with Gasteiger partial charge in [0, 0.05) is 11.6 Å². The summed E-state index contributed by atoms with van der Waals surface area (Å²) in [6, 6.07) is 19.6. The third kappa shape index (κ3) is 2.55. The molecular weight excluding hydrogens is 266 g/mol. The molecule has 0 atom stereocenters. The summed E-state index contributed by atoms with van der Waals surface area (Å²) in [5.74, 6) is 0. The van der Waals surface area contributed by atoms with Gasteiger partial charge in [-0.3, -0.25) is 0 Å². The Bertz CT molecular complexity index is 831. The van der Waals surface area contributed by atoms with Crippen molar-refractivity contribution in [3.05, 3.63) is 77.5 Å². The van der Waals surface area contributed by atoms with Crippen LogP contribution in [-0.2, 0) is 7.05 Å². The Labute approximate surface area is 132 Å². The number of aryl methyl sites for hydroxylation is 4. The third-order valence-electron chi connectivity index (χ3n) is 4.25. The maximum absolute atomic E-state index is 2.25. The zero-order valence-electron chi connectivity index (χ0n) is 13.7. The van der Waals surface area contributed by atoms with Gasteiger partial charge in [0.05, 0.1) is 5.56 Å². The van der Waals surface area contributed by atoms with E-state index in [0.29, 0.717) is 0 Å². The second-order valence-corrected chi connectivity index (χ2v) is 6.01. The highest BCUT2D eigenvalue weighted by molar-refractivity contribution is 5.81. The Kier molecular flexibility index (Phi) is 3.81. The molecule has 2 aromatic carbocycles. The number of rotatable bonds is 2. The fraction of sp³-hybridized carbons (Fsp3) is 0.190. The van der Waals surface area contributed by atoms with E-state index in [2.05, 4.69) is 93.2 Å². The molecule has 0 unspecified atom stereocenters. The van der Waals surface area contributed by atoms with Gasteiger partial charge in [-0.15, -0.1) is 0 Å². The van der Waals surface area contributed by atoms with Crippen molar-refractivity contribution in [2.75, 3.05) is 0 Å². The van der Waals surface area contributed by atoms with Crippen LogP contribution in [0.5, 0.6) is 0 Å². The van der Waals surface area contributed by atoms with Gasteiger partial charge in [-0.2, -0.15) is 0 Å². The Morgan fingerprint density at radius 3 is 2.14 bits per heavy atom. The Balaban J connectivity index is 2.30. The highest BCUT2D eigenvalue weighted by Gasteiger charge is 2.19. The first kappa shape index (κ1) is 14.5. The lowest BCUT2D eigenvalue weighted by atomic mass is 9.93. The van der Waals surface area contributed by atoms with E-state index in [0.717, 1.165) is 0 Å². The molecule has 1 heteroatoms. The summed E-state index contributed by atoms with van der Waals surface area (Å²) >= 11 is 0. The first-order valence-corrected chi connectivity index (χ1v) is 7.70. The number of hydrogen-bond acceptors (Lipinski definition) is 0. The highest BCUT2D eigenvalue weighted by Crippen LogP contribution is 2.32. The van der Waals surface area contributed by atoms with Crippen molar-refractivity contribution in [2.24, 2.45) is 7.05 Å². The van der Waals surface area contributed by atoms with Crippen molar-refractivity contribution in [3.8, 4) is 22.4 Å². The summed E-state index contributed by atoms with van der Waals surface area (Å²) < 4.78 is 2.22. The maximum Gasteiger partial charge on any atom is 0.220 e. The first-order valence-electron chi connectivity index (χ1n) is 7.70. The molecule has 0 N–H and O–H groups in total. The van der Waals surface area contributed by atoms with Gasteiger partial charge < -0.3 is 0 Å². The van der Waals surface area contributed by atoms with Crippen LogP contribution >= 0.6 is 0 Å². The van der Waals surface area contributed by atoms with Crippen LogP contribution in [0.15, 0.2) is 60.8 Å². The van der Waals surface area contributed by atoms with Crippen molar-refractivity contribution in [3.63, 3.8) is 0 Å². The lowest BCUT2D eigenvalue weighted by Crippen LogP contribution is -2.31. The number of hydrogen-bond donors (Lipinski definition) is 0. The average molecular weight is 288 g/mol. The van der Waals surface area contributed by atoms with Gasteiger partial charge in [0.25, 0.3) is 0 Å². The number of benzene rings is 2. The molecule has 0 fully saturated rings. The second kappa shape index (κ2) is 5.76. The summed E-state index contributed by atoms with van der Waals surface area (Å²) in [5, 5.41) is 0. The molecule has 0 spiro atoms. The monoisotopic (exact) mass is 288 g/mol. The third-order valence-corrected chi connectivity index (χ3v) is 4.25. The molecule has 0 aliphatic carbocycles. The van der Waals surface area contributed by atoms with Crippen LogP contribution in [0.25, 0.3) is 22.4 Å². The number of nitrogens with zero attached hydrogens (tertiary/aromatic N) is 1. The molecule has 3 rings (SSSR count). The average Bonchev–Trinajstić information content (AvgIpc) is 2.48. The minimum absolute atomic E-state index is 1.27. The van der Waals surface area contributed by atoms with Crippen LogP contribution in [0.3, 0.4) is 0 Å². The van der Waals surface area contributed by atoms with Gasteiger partial charge in [-0.1, -0.05) is 42.0 Å². The molecule has 1 nitrogen and oxygen atoms in total. The van der Waals surface area contributed by atoms with E-state index in [1.165, 1.54) is 39.1 Å². The molecular formula is C21H22N+. The van der Waals surface area contributed by atoms with Crippen molar-refractivity contribution in [2.45, 2.75) is 20.8 Å². The summed E-state index contributed by atoms with van der Waals surface area (Å²) in [6.07, 6.45) is 2.12. The van der Waals surface area contributed by atoms with Gasteiger partial charge in [0.15, 0.2) is 6.20 Å². The predicted octanol–water partition coefficient (Wildman–Crippen LogP) is 4.77. The van der Waals surface area contributed by atoms with E-state index in [4.69, 9.17) is 0 Å². The molecule has 0 saturated heterocycles. The van der Waals surface area contributed by atoms with Gasteiger partial charge in [-0.05, 0) is 49.6 Å². The Hall–Kier alpha value is -2.41. The fourth-order valence-electron chi connectivity index (χ4n) is 3.12. The smallest absolute Gasteiger partial charge is 0.200 e. The van der Waals surface area contributed by atoms with Gasteiger partial charge in [0.1, 0.15) is 7.05 Å². The van der Waals surface area contributed by atoms with Gasteiger partial charge in [0.2, 0.25) is 5.69 Å².